The van der Waals surface area contributed by atoms with E-state index in [1.807, 2.05) is 0 Å². The Morgan fingerprint density at radius 3 is 2.92 bits per heavy atom. The number of guanidine groups is 1. The van der Waals surface area contributed by atoms with Crippen LogP contribution in [-0.2, 0) is 16.0 Å². The highest BCUT2D eigenvalue weighted by molar-refractivity contribution is 14.0. The summed E-state index contributed by atoms with van der Waals surface area (Å²) in [5.74, 6) is 1.41. The molecule has 2 N–H and O–H groups in total. The topological polar surface area (TPSA) is 54.9 Å². The predicted molar refractivity (Wildman–Crippen MR) is 117 cm³/mol. The van der Waals surface area contributed by atoms with E-state index in [9.17, 15) is 0 Å². The number of ether oxygens (including phenoxy) is 2. The predicted octanol–water partition coefficient (Wildman–Crippen LogP) is 3.48. The minimum absolute atomic E-state index is 0. The number of nitrogens with zero attached hydrogens (tertiary/aromatic N) is 1. The molecular weight excluding hydrogens is 497 g/mol. The van der Waals surface area contributed by atoms with Crippen LogP contribution in [0.15, 0.2) is 27.7 Å². The van der Waals surface area contributed by atoms with Gasteiger partial charge in [0.25, 0.3) is 0 Å². The number of hydrogen-bond donors (Lipinski definition) is 2. The molecule has 142 valence electrons. The number of rotatable bonds is 8. The van der Waals surface area contributed by atoms with Crippen molar-refractivity contribution in [3.63, 3.8) is 0 Å². The molecule has 1 saturated heterocycles. The molecule has 0 aromatic heterocycles. The molecule has 1 heterocycles. The first-order valence-corrected chi connectivity index (χ1v) is 9.33. The van der Waals surface area contributed by atoms with Gasteiger partial charge >= 0.3 is 0 Å². The van der Waals surface area contributed by atoms with Crippen molar-refractivity contribution < 1.29 is 9.47 Å². The van der Waals surface area contributed by atoms with Gasteiger partial charge < -0.3 is 20.1 Å². The first-order chi connectivity index (χ1) is 11.7. The van der Waals surface area contributed by atoms with Crippen molar-refractivity contribution >= 4 is 45.9 Å². The fraction of sp³-hybridized carbons (Fsp3) is 0.611. The van der Waals surface area contributed by atoms with E-state index in [0.717, 1.165) is 62.8 Å². The molecular formula is C18H29BrIN3O2. The summed E-state index contributed by atoms with van der Waals surface area (Å²) in [5, 5.41) is 6.67. The van der Waals surface area contributed by atoms with Crippen molar-refractivity contribution in [2.45, 2.75) is 26.3 Å². The van der Waals surface area contributed by atoms with E-state index in [0.29, 0.717) is 5.92 Å². The van der Waals surface area contributed by atoms with Crippen LogP contribution < -0.4 is 10.6 Å². The molecule has 0 bridgehead atoms. The highest BCUT2D eigenvalue weighted by atomic mass is 127. The Labute approximate surface area is 176 Å². The monoisotopic (exact) mass is 525 g/mol. The number of benzene rings is 1. The van der Waals surface area contributed by atoms with Crippen molar-refractivity contribution in [3.8, 4) is 0 Å². The van der Waals surface area contributed by atoms with E-state index in [1.165, 1.54) is 11.1 Å². The van der Waals surface area contributed by atoms with Crippen LogP contribution >= 0.6 is 39.9 Å². The Morgan fingerprint density at radius 2 is 2.24 bits per heavy atom. The second-order valence-corrected chi connectivity index (χ2v) is 7.00. The maximum Gasteiger partial charge on any atom is 0.191 e. The lowest BCUT2D eigenvalue weighted by atomic mass is 10.1. The van der Waals surface area contributed by atoms with Gasteiger partial charge in [-0.25, -0.2) is 0 Å². The Hall–Kier alpha value is -0.380. The summed E-state index contributed by atoms with van der Waals surface area (Å²) in [5.41, 5.74) is 2.53. The van der Waals surface area contributed by atoms with Crippen LogP contribution in [-0.4, -0.2) is 46.0 Å². The highest BCUT2D eigenvalue weighted by Gasteiger charge is 2.15. The lowest BCUT2D eigenvalue weighted by Gasteiger charge is -2.14. The van der Waals surface area contributed by atoms with E-state index in [4.69, 9.17) is 9.47 Å². The Kier molecular flexibility index (Phi) is 11.7. The largest absolute Gasteiger partial charge is 0.381 e. The van der Waals surface area contributed by atoms with E-state index >= 15 is 0 Å². The van der Waals surface area contributed by atoms with Crippen LogP contribution in [0.1, 0.15) is 24.0 Å². The van der Waals surface area contributed by atoms with Crippen LogP contribution in [0.25, 0.3) is 0 Å². The zero-order valence-electron chi connectivity index (χ0n) is 15.0. The summed E-state index contributed by atoms with van der Waals surface area (Å²) in [7, 11) is 1.79. The third-order valence-electron chi connectivity index (χ3n) is 4.11. The molecule has 0 radical (unpaired) electrons. The highest BCUT2D eigenvalue weighted by Crippen LogP contribution is 2.15. The first-order valence-electron chi connectivity index (χ1n) is 8.54. The number of hydrogen-bond acceptors (Lipinski definition) is 3. The molecule has 1 aliphatic heterocycles. The van der Waals surface area contributed by atoms with Crippen LogP contribution in [0.5, 0.6) is 0 Å². The van der Waals surface area contributed by atoms with Gasteiger partial charge in [-0.3, -0.25) is 4.99 Å². The average Bonchev–Trinajstić information content (AvgIpc) is 3.08. The molecule has 5 nitrogen and oxygen atoms in total. The Bertz CT molecular complexity index is 537. The molecule has 7 heteroatoms. The van der Waals surface area contributed by atoms with Gasteiger partial charge in [-0.2, -0.15) is 0 Å². The van der Waals surface area contributed by atoms with Gasteiger partial charge in [0.05, 0.1) is 13.2 Å². The quantitative estimate of drug-likeness (QED) is 0.236. The molecule has 1 aromatic rings. The summed E-state index contributed by atoms with van der Waals surface area (Å²) < 4.78 is 12.2. The average molecular weight is 526 g/mol. The van der Waals surface area contributed by atoms with Crippen molar-refractivity contribution in [2.24, 2.45) is 10.9 Å². The van der Waals surface area contributed by atoms with Crippen LogP contribution in [0.2, 0.25) is 0 Å². The van der Waals surface area contributed by atoms with Crippen LogP contribution in [0, 0.1) is 12.8 Å². The van der Waals surface area contributed by atoms with Crippen molar-refractivity contribution in [2.75, 3.05) is 40.0 Å². The second-order valence-electron chi connectivity index (χ2n) is 6.08. The molecule has 1 fully saturated rings. The van der Waals surface area contributed by atoms with Crippen molar-refractivity contribution in [1.29, 1.82) is 0 Å². The Balaban J connectivity index is 0.00000312. The number of aliphatic imine (C=N–C) groups is 1. The molecule has 1 aliphatic rings. The van der Waals surface area contributed by atoms with E-state index in [2.05, 4.69) is 56.7 Å². The van der Waals surface area contributed by atoms with Gasteiger partial charge in [0.2, 0.25) is 0 Å². The van der Waals surface area contributed by atoms with Crippen LogP contribution in [0.4, 0.5) is 0 Å². The van der Waals surface area contributed by atoms with Crippen LogP contribution in [0.3, 0.4) is 0 Å². The molecule has 1 atom stereocenters. The molecule has 1 unspecified atom stereocenters. The normalized spacial score (nSPS) is 17.2. The molecule has 2 rings (SSSR count). The molecule has 1 aromatic carbocycles. The zero-order chi connectivity index (χ0) is 17.2. The molecule has 0 saturated carbocycles. The van der Waals surface area contributed by atoms with Gasteiger partial charge in [0, 0.05) is 43.7 Å². The first kappa shape index (κ1) is 22.7. The maximum absolute atomic E-state index is 5.70. The molecule has 25 heavy (non-hydrogen) atoms. The second kappa shape index (κ2) is 12.9. The lowest BCUT2D eigenvalue weighted by Crippen LogP contribution is -2.37. The SMILES string of the molecule is CN=C(NCCCOCC1CCOC1)NCc1ccc(Br)cc1C.I. The maximum atomic E-state index is 5.70. The van der Waals surface area contributed by atoms with E-state index in [-0.39, 0.29) is 24.0 Å². The minimum atomic E-state index is 0. The minimum Gasteiger partial charge on any atom is -0.381 e. The third-order valence-corrected chi connectivity index (χ3v) is 4.60. The van der Waals surface area contributed by atoms with Gasteiger partial charge in [-0.05, 0) is 43.0 Å². The third kappa shape index (κ3) is 8.70. The number of nitrogens with one attached hydrogen (secondary N) is 2. The van der Waals surface area contributed by atoms with E-state index < -0.39 is 0 Å². The van der Waals surface area contributed by atoms with Gasteiger partial charge in [0.1, 0.15) is 0 Å². The summed E-state index contributed by atoms with van der Waals surface area (Å²) in [6.07, 6.45) is 2.09. The summed E-state index contributed by atoms with van der Waals surface area (Å²) in [6, 6.07) is 6.31. The Morgan fingerprint density at radius 1 is 1.40 bits per heavy atom. The molecule has 0 amide bonds. The van der Waals surface area contributed by atoms with E-state index in [1.54, 1.807) is 7.05 Å². The molecule has 0 spiro atoms. The number of halogens is 2. The summed E-state index contributed by atoms with van der Waals surface area (Å²) in [6.45, 7) is 7.05. The van der Waals surface area contributed by atoms with Crippen molar-refractivity contribution in [1.82, 2.24) is 10.6 Å². The number of aryl methyl sites for hydroxylation is 1. The summed E-state index contributed by atoms with van der Waals surface area (Å²) in [4.78, 5) is 4.26. The van der Waals surface area contributed by atoms with Gasteiger partial charge in [-0.1, -0.05) is 22.0 Å². The lowest BCUT2D eigenvalue weighted by molar-refractivity contribution is 0.0888. The fourth-order valence-electron chi connectivity index (χ4n) is 2.60. The van der Waals surface area contributed by atoms with Gasteiger partial charge in [0.15, 0.2) is 5.96 Å². The zero-order valence-corrected chi connectivity index (χ0v) is 18.9. The molecule has 0 aliphatic carbocycles. The standard InChI is InChI=1S/C18H28BrN3O2.HI/c1-14-10-17(19)5-4-16(14)11-22-18(20-2)21-7-3-8-23-12-15-6-9-24-13-15;/h4-5,10,15H,3,6-9,11-13H2,1-2H3,(H2,20,21,22);1H. The van der Waals surface area contributed by atoms with Gasteiger partial charge in [-0.15, -0.1) is 24.0 Å². The summed E-state index contributed by atoms with van der Waals surface area (Å²) >= 11 is 3.49. The fourth-order valence-corrected chi connectivity index (χ4v) is 3.08. The van der Waals surface area contributed by atoms with Crippen molar-refractivity contribution in [3.05, 3.63) is 33.8 Å². The smallest absolute Gasteiger partial charge is 0.191 e.